The average molecular weight is 785 g/mol. The van der Waals surface area contributed by atoms with Gasteiger partial charge in [0.05, 0.1) is 19.3 Å². The minimum atomic E-state index is -1.85. The number of nitrogens with one attached hydrogen (secondary N) is 2. The third-order valence-corrected chi connectivity index (χ3v) is 11.0. The Labute approximate surface area is 337 Å². The average Bonchev–Trinajstić information content (AvgIpc) is 3.40. The van der Waals surface area contributed by atoms with E-state index in [0.29, 0.717) is 22.8 Å². The predicted molar refractivity (Wildman–Crippen MR) is 221 cm³/mol. The maximum atomic E-state index is 14.2. The molecule has 1 aliphatic heterocycles. The number of Topliss-reactive ketones (excluding diaryl/α,β-unsaturated/α-hetero) is 1. The fourth-order valence-corrected chi connectivity index (χ4v) is 6.51. The number of benzene rings is 3. The SMILES string of the molecule is CCC(Oc1ccc(C(C)(C)CC)cc1C(C)(C)CC)C(=O)Nc1ccc(OC)c(NC(=O)C(C(=O)C(C)(C)C)N2C(=O)C(OC)N(Cc3ccccc3)C2=O)c1. The van der Waals surface area contributed by atoms with Crippen LogP contribution in [0.25, 0.3) is 0 Å². The molecule has 3 atom stereocenters. The number of urea groups is 1. The number of hydrogen-bond acceptors (Lipinski definition) is 8. The van der Waals surface area contributed by atoms with Crippen molar-refractivity contribution >= 4 is 40.9 Å². The Kier molecular flexibility index (Phi) is 14.0. The van der Waals surface area contributed by atoms with Crippen LogP contribution in [0, 0.1) is 5.41 Å². The summed E-state index contributed by atoms with van der Waals surface area (Å²) in [5.41, 5.74) is 1.99. The molecule has 1 aliphatic rings. The van der Waals surface area contributed by atoms with E-state index in [0.717, 1.165) is 24.0 Å². The maximum Gasteiger partial charge on any atom is 0.330 e. The van der Waals surface area contributed by atoms with Gasteiger partial charge in [-0.25, -0.2) is 9.69 Å². The van der Waals surface area contributed by atoms with E-state index in [9.17, 15) is 24.0 Å². The second kappa shape index (κ2) is 17.9. The van der Waals surface area contributed by atoms with Gasteiger partial charge in [0.25, 0.3) is 17.7 Å². The van der Waals surface area contributed by atoms with Gasteiger partial charge in [-0.3, -0.25) is 24.1 Å². The van der Waals surface area contributed by atoms with Crippen molar-refractivity contribution in [3.63, 3.8) is 0 Å². The molecule has 1 heterocycles. The summed E-state index contributed by atoms with van der Waals surface area (Å²) in [4.78, 5) is 71.6. The molecule has 1 fully saturated rings. The van der Waals surface area contributed by atoms with Crippen molar-refractivity contribution in [3.05, 3.63) is 83.4 Å². The minimum absolute atomic E-state index is 0.0104. The number of imide groups is 1. The van der Waals surface area contributed by atoms with Gasteiger partial charge in [0, 0.05) is 23.8 Å². The lowest BCUT2D eigenvalue weighted by atomic mass is 9.76. The molecular weight excluding hydrogens is 725 g/mol. The second-order valence-corrected chi connectivity index (χ2v) is 16.8. The van der Waals surface area contributed by atoms with Crippen molar-refractivity contribution in [1.29, 1.82) is 0 Å². The zero-order valence-corrected chi connectivity index (χ0v) is 35.6. The van der Waals surface area contributed by atoms with Crippen LogP contribution in [-0.2, 0) is 41.3 Å². The van der Waals surface area contributed by atoms with Crippen LogP contribution in [0.15, 0.2) is 66.7 Å². The summed E-state index contributed by atoms with van der Waals surface area (Å²) >= 11 is 0. The van der Waals surface area contributed by atoms with E-state index in [1.807, 2.05) is 19.1 Å². The normalized spacial score (nSPS) is 16.0. The van der Waals surface area contributed by atoms with Crippen molar-refractivity contribution in [3.8, 4) is 11.5 Å². The summed E-state index contributed by atoms with van der Waals surface area (Å²) in [6, 6.07) is 17.2. The van der Waals surface area contributed by atoms with Crippen LogP contribution >= 0.6 is 0 Å². The first kappa shape index (κ1) is 44.5. The van der Waals surface area contributed by atoms with Crippen molar-refractivity contribution in [2.45, 2.75) is 124 Å². The second-order valence-electron chi connectivity index (χ2n) is 16.8. The Hall–Kier alpha value is -5.23. The fraction of sp³-hybridized carbons (Fsp3) is 0.489. The first-order valence-electron chi connectivity index (χ1n) is 19.6. The predicted octanol–water partition coefficient (Wildman–Crippen LogP) is 8.23. The monoisotopic (exact) mass is 784 g/mol. The first-order chi connectivity index (χ1) is 26.7. The number of amides is 5. The number of rotatable bonds is 17. The number of ketones is 1. The van der Waals surface area contributed by atoms with Gasteiger partial charge < -0.3 is 24.8 Å². The molecule has 3 aromatic carbocycles. The maximum absolute atomic E-state index is 14.2. The van der Waals surface area contributed by atoms with Crippen LogP contribution in [0.5, 0.6) is 11.5 Å². The van der Waals surface area contributed by atoms with Crippen molar-refractivity contribution in [2.75, 3.05) is 24.9 Å². The Morgan fingerprint density at radius 1 is 0.772 bits per heavy atom. The molecule has 3 aromatic rings. The molecule has 0 aliphatic carbocycles. The van der Waals surface area contributed by atoms with Gasteiger partial charge in [-0.15, -0.1) is 0 Å². The van der Waals surface area contributed by atoms with Gasteiger partial charge in [0.15, 0.2) is 17.9 Å². The Bertz CT molecular complexity index is 1950. The highest BCUT2D eigenvalue weighted by molar-refractivity contribution is 6.19. The fourth-order valence-electron chi connectivity index (χ4n) is 6.51. The van der Waals surface area contributed by atoms with E-state index in [2.05, 4.69) is 64.3 Å². The minimum Gasteiger partial charge on any atom is -0.495 e. The molecule has 2 N–H and O–H groups in total. The van der Waals surface area contributed by atoms with Crippen LogP contribution in [-0.4, -0.2) is 71.9 Å². The Morgan fingerprint density at radius 3 is 1.96 bits per heavy atom. The molecule has 12 nitrogen and oxygen atoms in total. The number of nitrogens with zero attached hydrogens (tertiary/aromatic N) is 2. The van der Waals surface area contributed by atoms with Gasteiger partial charge in [-0.05, 0) is 65.5 Å². The molecule has 0 spiro atoms. The Balaban J connectivity index is 1.63. The zero-order chi connectivity index (χ0) is 42.5. The lowest BCUT2D eigenvalue weighted by Crippen LogP contribution is -2.55. The molecular formula is C45H60N4O8. The molecule has 308 valence electrons. The largest absolute Gasteiger partial charge is 0.495 e. The lowest BCUT2D eigenvalue weighted by Gasteiger charge is -2.31. The molecule has 0 saturated carbocycles. The molecule has 0 bridgehead atoms. The number of ether oxygens (including phenoxy) is 3. The van der Waals surface area contributed by atoms with Gasteiger partial charge in [-0.2, -0.15) is 0 Å². The summed E-state index contributed by atoms with van der Waals surface area (Å²) in [5, 5.41) is 5.61. The van der Waals surface area contributed by atoms with Gasteiger partial charge >= 0.3 is 6.03 Å². The molecule has 57 heavy (non-hydrogen) atoms. The summed E-state index contributed by atoms with van der Waals surface area (Å²) < 4.78 is 17.4. The summed E-state index contributed by atoms with van der Waals surface area (Å²) in [6.07, 6.45) is -0.00212. The van der Waals surface area contributed by atoms with E-state index in [1.165, 1.54) is 30.7 Å². The van der Waals surface area contributed by atoms with E-state index < -0.39 is 53.3 Å². The quantitative estimate of drug-likeness (QED) is 0.103. The third kappa shape index (κ3) is 9.84. The van der Waals surface area contributed by atoms with Gasteiger partial charge in [-0.1, -0.05) is 112 Å². The molecule has 3 unspecified atom stereocenters. The molecule has 5 amide bonds. The van der Waals surface area contributed by atoms with Gasteiger partial charge in [0.2, 0.25) is 6.23 Å². The lowest BCUT2D eigenvalue weighted by molar-refractivity contribution is -0.148. The number of carbonyl (C=O) groups excluding carboxylic acids is 5. The summed E-state index contributed by atoms with van der Waals surface area (Å²) in [5.74, 6) is -2.00. The Morgan fingerprint density at radius 2 is 1.40 bits per heavy atom. The molecule has 12 heteroatoms. The smallest absolute Gasteiger partial charge is 0.330 e. The van der Waals surface area contributed by atoms with Crippen LogP contribution in [0.4, 0.5) is 16.2 Å². The highest BCUT2D eigenvalue weighted by Crippen LogP contribution is 2.39. The van der Waals surface area contributed by atoms with Crippen LogP contribution in [0.3, 0.4) is 0 Å². The van der Waals surface area contributed by atoms with Crippen LogP contribution in [0.2, 0.25) is 0 Å². The van der Waals surface area contributed by atoms with E-state index >= 15 is 0 Å². The molecule has 1 saturated heterocycles. The van der Waals surface area contributed by atoms with E-state index in [-0.39, 0.29) is 28.8 Å². The standard InChI is InChI=1S/C45H60N4O8/c1-13-33(57-34-23-21-29(44(7,8)14-2)25-31(34)45(9,10)15-3)38(51)46-30-22-24-35(55-11)32(26-30)47-39(52)36(37(50)43(4,5)6)49-40(53)41(56-12)48(42(49)54)27-28-19-17-16-18-20-28/h16-26,33,36,41H,13-15,27H2,1-12H3,(H,46,51)(H,47,52). The topological polar surface area (TPSA) is 144 Å². The molecule has 4 rings (SSSR count). The van der Waals surface area contributed by atoms with Crippen LogP contribution < -0.4 is 20.1 Å². The van der Waals surface area contributed by atoms with Crippen molar-refractivity contribution in [1.82, 2.24) is 9.80 Å². The van der Waals surface area contributed by atoms with Gasteiger partial charge in [0.1, 0.15) is 11.5 Å². The number of anilines is 2. The highest BCUT2D eigenvalue weighted by Gasteiger charge is 2.54. The van der Waals surface area contributed by atoms with Crippen molar-refractivity contribution < 1.29 is 38.2 Å². The molecule has 0 aromatic heterocycles. The first-order valence-corrected chi connectivity index (χ1v) is 19.6. The van der Waals surface area contributed by atoms with E-state index in [1.54, 1.807) is 57.2 Å². The number of hydrogen-bond donors (Lipinski definition) is 2. The number of methoxy groups -OCH3 is 2. The summed E-state index contributed by atoms with van der Waals surface area (Å²) in [7, 11) is 2.69. The van der Waals surface area contributed by atoms with E-state index in [4.69, 9.17) is 14.2 Å². The number of carbonyl (C=O) groups is 5. The van der Waals surface area contributed by atoms with Crippen molar-refractivity contribution in [2.24, 2.45) is 5.41 Å². The zero-order valence-electron chi connectivity index (χ0n) is 35.6. The summed E-state index contributed by atoms with van der Waals surface area (Å²) in [6.45, 7) is 19.7. The molecule has 0 radical (unpaired) electrons. The van der Waals surface area contributed by atoms with Crippen LogP contribution in [0.1, 0.15) is 105 Å². The highest BCUT2D eigenvalue weighted by atomic mass is 16.5. The third-order valence-electron chi connectivity index (χ3n) is 11.0.